The predicted molar refractivity (Wildman–Crippen MR) is 290 cm³/mol. The summed E-state index contributed by atoms with van der Waals surface area (Å²) in [6.45, 7) is 5.45. The molecule has 0 aliphatic carbocycles. The number of carbonyl (C=O) groups is 15. The molecule has 1 fully saturated rings. The third-order valence-corrected chi connectivity index (χ3v) is 12.9. The average Bonchev–Trinajstić information content (AvgIpc) is 4.01. The SMILES string of the molecule is CCC[C@H](NC(=O)C1CCCN1C(=O)[C@@H](NC(=O)[C@@H](NC(=O)[C@H](CCC(=O)O)NC(=O)[C@H](CCC(=O)O)NC(C)=O)C(C)C)C(C)C)C(=O)C(=O)NCC(=O)NCC(=O)N[C@@H](CO)C(=O)N[C@@H](Cc1ccc(O)cc1)C(=O)N[C@@H](CO)C(N)=O. The molecule has 0 saturated carbocycles. The van der Waals surface area contributed by atoms with Crippen molar-refractivity contribution < 1.29 is 97.5 Å². The lowest BCUT2D eigenvalue weighted by Crippen LogP contribution is -2.61. The van der Waals surface area contributed by atoms with Crippen LogP contribution in [0, 0.1) is 11.8 Å². The van der Waals surface area contributed by atoms with E-state index in [1.165, 1.54) is 29.2 Å². The van der Waals surface area contributed by atoms with Crippen LogP contribution in [-0.4, -0.2) is 206 Å². The number of nitrogens with two attached hydrogens (primary N) is 1. The van der Waals surface area contributed by atoms with Gasteiger partial charge in [-0.1, -0.05) is 53.2 Å². The molecule has 0 spiro atoms. The fourth-order valence-corrected chi connectivity index (χ4v) is 8.36. The van der Waals surface area contributed by atoms with Crippen molar-refractivity contribution in [2.24, 2.45) is 17.6 Å². The number of rotatable bonds is 36. The van der Waals surface area contributed by atoms with Gasteiger partial charge in [-0.3, -0.25) is 71.9 Å². The fraction of sp³-hybridized carbons (Fsp3) is 0.596. The van der Waals surface area contributed by atoms with Gasteiger partial charge in [-0.25, -0.2) is 0 Å². The number of ketones is 1. The summed E-state index contributed by atoms with van der Waals surface area (Å²) < 4.78 is 0. The zero-order valence-electron chi connectivity index (χ0n) is 47.4. The Hall–Kier alpha value is -8.81. The van der Waals surface area contributed by atoms with E-state index in [2.05, 4.69) is 53.2 Å². The molecule has 1 saturated heterocycles. The van der Waals surface area contributed by atoms with Gasteiger partial charge < -0.3 is 89.3 Å². The van der Waals surface area contributed by atoms with Crippen LogP contribution in [0.4, 0.5) is 0 Å². The highest BCUT2D eigenvalue weighted by atomic mass is 16.4. The van der Waals surface area contributed by atoms with Gasteiger partial charge in [0.05, 0.1) is 32.3 Å². The van der Waals surface area contributed by atoms with Crippen molar-refractivity contribution in [1.29, 1.82) is 0 Å². The van der Waals surface area contributed by atoms with E-state index in [4.69, 9.17) is 10.8 Å². The van der Waals surface area contributed by atoms with Gasteiger partial charge in [0.1, 0.15) is 54.1 Å². The number of hydrogen-bond donors (Lipinski definition) is 16. The van der Waals surface area contributed by atoms with Crippen LogP contribution in [0.15, 0.2) is 24.3 Å². The second-order valence-electron chi connectivity index (χ2n) is 20.4. The Labute approximate surface area is 482 Å². The summed E-state index contributed by atoms with van der Waals surface area (Å²) in [5.74, 6) is -16.9. The standard InChI is InChI=1S/C52H78N12O20/c1-7-9-30(43(75)51(83)55-21-37(69)54-22-38(70)57-35(24-66)48(80)60-33(20-28-11-13-29(68)14-12-28)47(79)61-34(23-65)44(53)76)58-49(81)36-10-8-19-64(36)52(84)42(26(4)5)63-50(82)41(25(2)3)62-46(78)32(16-18-40(73)74)59-45(77)31(56-27(6)67)15-17-39(71)72/h11-14,25-26,30-36,41-42,65-66,68H,7-10,15-24H2,1-6H3,(H2,53,76)(H,54,69)(H,55,83)(H,56,67)(H,57,70)(H,58,81)(H,59,77)(H,60,80)(H,61,79)(H,62,78)(H,63,82)(H,71,72)(H,73,74)/t30-,31-,32-,33-,34-,35-,36?,41-,42-/m0/s1. The summed E-state index contributed by atoms with van der Waals surface area (Å²) in [5.41, 5.74) is 5.60. The number of aliphatic carboxylic acids is 2. The maximum absolute atomic E-state index is 14.3. The molecular formula is C52H78N12O20. The molecule has 1 heterocycles. The van der Waals surface area contributed by atoms with Gasteiger partial charge in [0, 0.05) is 32.7 Å². The second kappa shape index (κ2) is 35.2. The number of likely N-dealkylation sites (tertiary alicyclic amines) is 1. The molecular weight excluding hydrogens is 1110 g/mol. The van der Waals surface area contributed by atoms with E-state index in [9.17, 15) is 92.3 Å². The number of nitrogens with one attached hydrogen (secondary N) is 10. The van der Waals surface area contributed by atoms with Crippen molar-refractivity contribution in [3.63, 3.8) is 0 Å². The normalized spacial score (nSPS) is 15.6. The third-order valence-electron chi connectivity index (χ3n) is 12.9. The monoisotopic (exact) mass is 1190 g/mol. The number of carbonyl (C=O) groups excluding carboxylic acids is 13. The lowest BCUT2D eigenvalue weighted by atomic mass is 9.98. The molecule has 1 aromatic rings. The van der Waals surface area contributed by atoms with Crippen LogP contribution < -0.4 is 58.9 Å². The van der Waals surface area contributed by atoms with Crippen molar-refractivity contribution in [3.8, 4) is 5.75 Å². The molecule has 84 heavy (non-hydrogen) atoms. The molecule has 12 amide bonds. The van der Waals surface area contributed by atoms with E-state index in [-0.39, 0.29) is 44.4 Å². The Morgan fingerprint density at radius 1 is 0.583 bits per heavy atom. The van der Waals surface area contributed by atoms with Crippen LogP contribution in [-0.2, 0) is 78.3 Å². The summed E-state index contributed by atoms with van der Waals surface area (Å²) in [5, 5.41) is 70.6. The molecule has 1 aliphatic rings. The average molecular weight is 1190 g/mol. The van der Waals surface area contributed by atoms with Gasteiger partial charge in [-0.05, 0) is 61.6 Å². The highest BCUT2D eigenvalue weighted by Gasteiger charge is 2.42. The Bertz CT molecular complexity index is 2560. The Morgan fingerprint density at radius 2 is 1.08 bits per heavy atom. The molecule has 1 aliphatic heterocycles. The van der Waals surface area contributed by atoms with Crippen molar-refractivity contribution in [2.45, 2.75) is 154 Å². The van der Waals surface area contributed by atoms with Crippen LogP contribution >= 0.6 is 0 Å². The summed E-state index contributed by atoms with van der Waals surface area (Å²) in [6.07, 6.45) is -1.68. The van der Waals surface area contributed by atoms with Crippen LogP contribution in [0.25, 0.3) is 0 Å². The molecule has 9 atom stereocenters. The first-order valence-corrected chi connectivity index (χ1v) is 26.9. The molecule has 466 valence electrons. The van der Waals surface area contributed by atoms with E-state index in [1.54, 1.807) is 34.6 Å². The molecule has 17 N–H and O–H groups in total. The molecule has 0 radical (unpaired) electrons. The van der Waals surface area contributed by atoms with E-state index >= 15 is 0 Å². The predicted octanol–water partition coefficient (Wildman–Crippen LogP) is -6.06. The number of phenols is 1. The zero-order valence-corrected chi connectivity index (χ0v) is 47.4. The summed E-state index contributed by atoms with van der Waals surface area (Å²) in [6, 6.07) is -7.67. The highest BCUT2D eigenvalue weighted by molar-refractivity contribution is 6.38. The van der Waals surface area contributed by atoms with E-state index in [1.807, 2.05) is 0 Å². The first-order chi connectivity index (χ1) is 39.4. The van der Waals surface area contributed by atoms with Crippen molar-refractivity contribution in [2.75, 3.05) is 32.8 Å². The molecule has 0 aromatic heterocycles. The first kappa shape index (κ1) is 71.3. The molecule has 32 heteroatoms. The highest BCUT2D eigenvalue weighted by Crippen LogP contribution is 2.22. The minimum Gasteiger partial charge on any atom is -0.508 e. The topological polar surface area (TPSA) is 507 Å². The minimum atomic E-state index is -1.71. The van der Waals surface area contributed by atoms with Crippen LogP contribution in [0.5, 0.6) is 5.75 Å². The van der Waals surface area contributed by atoms with Gasteiger partial charge in [-0.2, -0.15) is 0 Å². The molecule has 2 rings (SSSR count). The number of aromatic hydroxyl groups is 1. The zero-order chi connectivity index (χ0) is 63.5. The van der Waals surface area contributed by atoms with E-state index in [0.29, 0.717) is 12.0 Å². The smallest absolute Gasteiger partial charge is 0.303 e. The maximum atomic E-state index is 14.3. The minimum absolute atomic E-state index is 0.0263. The van der Waals surface area contributed by atoms with Gasteiger partial charge in [0.25, 0.3) is 5.91 Å². The molecule has 1 aromatic carbocycles. The van der Waals surface area contributed by atoms with Gasteiger partial charge >= 0.3 is 11.9 Å². The number of primary amides is 1. The number of phenolic OH excluding ortho intramolecular Hbond substituents is 1. The number of hydrogen-bond acceptors (Lipinski definition) is 18. The summed E-state index contributed by atoms with van der Waals surface area (Å²) >= 11 is 0. The van der Waals surface area contributed by atoms with Crippen LogP contribution in [0.2, 0.25) is 0 Å². The van der Waals surface area contributed by atoms with E-state index in [0.717, 1.165) is 6.92 Å². The number of aliphatic hydroxyl groups excluding tert-OH is 2. The molecule has 32 nitrogen and oxygen atoms in total. The van der Waals surface area contributed by atoms with Crippen molar-refractivity contribution >= 4 is 88.6 Å². The Kier molecular flexibility index (Phi) is 29.9. The quantitative estimate of drug-likeness (QED) is 0.0278. The van der Waals surface area contributed by atoms with Crippen molar-refractivity contribution in [3.05, 3.63) is 29.8 Å². The third kappa shape index (κ3) is 24.0. The van der Waals surface area contributed by atoms with Gasteiger partial charge in [0.15, 0.2) is 0 Å². The number of benzene rings is 1. The summed E-state index contributed by atoms with van der Waals surface area (Å²) in [4.78, 5) is 195. The van der Waals surface area contributed by atoms with Gasteiger partial charge in [-0.15, -0.1) is 0 Å². The number of carboxylic acids is 2. The Morgan fingerprint density at radius 3 is 1.61 bits per heavy atom. The molecule has 1 unspecified atom stereocenters. The number of Topliss-reactive ketones (excluding diaryl/α,β-unsaturated/α-hetero) is 1. The number of amides is 12. The van der Waals surface area contributed by atoms with Crippen LogP contribution in [0.3, 0.4) is 0 Å². The number of aliphatic hydroxyl groups is 2. The van der Waals surface area contributed by atoms with Crippen LogP contribution in [0.1, 0.15) is 98.5 Å². The summed E-state index contributed by atoms with van der Waals surface area (Å²) in [7, 11) is 0. The second-order valence-corrected chi connectivity index (χ2v) is 20.4. The number of carboxylic acid groups (broad SMARTS) is 2. The maximum Gasteiger partial charge on any atom is 0.303 e. The lowest BCUT2D eigenvalue weighted by molar-refractivity contribution is -0.144. The first-order valence-electron chi connectivity index (χ1n) is 26.9. The largest absolute Gasteiger partial charge is 0.508 e. The Balaban J connectivity index is 2.11. The number of nitrogens with zero attached hydrogens (tertiary/aromatic N) is 1. The van der Waals surface area contributed by atoms with Gasteiger partial charge in [0.2, 0.25) is 70.8 Å². The molecule has 0 bridgehead atoms. The van der Waals surface area contributed by atoms with E-state index < -0.39 is 200 Å². The lowest BCUT2D eigenvalue weighted by Gasteiger charge is -2.33. The fourth-order valence-electron chi connectivity index (χ4n) is 8.36. The van der Waals surface area contributed by atoms with Crippen molar-refractivity contribution in [1.82, 2.24) is 58.1 Å².